The van der Waals surface area contributed by atoms with E-state index in [-0.39, 0.29) is 0 Å². The van der Waals surface area contributed by atoms with Gasteiger partial charge >= 0.3 is 0 Å². The van der Waals surface area contributed by atoms with Gasteiger partial charge in [0.2, 0.25) is 5.88 Å². The Morgan fingerprint density at radius 2 is 2.31 bits per heavy atom. The molecule has 0 aliphatic carbocycles. The summed E-state index contributed by atoms with van der Waals surface area (Å²) in [6, 6.07) is 1.82. The summed E-state index contributed by atoms with van der Waals surface area (Å²) >= 11 is 1.38. The molecule has 2 aromatic rings. The number of rotatable bonds is 1. The zero-order valence-corrected chi connectivity index (χ0v) is 8.18. The summed E-state index contributed by atoms with van der Waals surface area (Å²) in [7, 11) is 0. The first-order valence-corrected chi connectivity index (χ1v) is 4.72. The highest BCUT2D eigenvalue weighted by Crippen LogP contribution is 2.11. The van der Waals surface area contributed by atoms with E-state index in [1.165, 1.54) is 11.3 Å². The molecule has 68 valence electrons. The average molecular weight is 195 g/mol. The topological polar surface area (TPSA) is 54.8 Å². The van der Waals surface area contributed by atoms with Crippen molar-refractivity contribution in [2.45, 2.75) is 13.8 Å². The van der Waals surface area contributed by atoms with E-state index < -0.39 is 0 Å². The zero-order valence-electron chi connectivity index (χ0n) is 7.37. The summed E-state index contributed by atoms with van der Waals surface area (Å²) in [6.45, 7) is 3.80. The van der Waals surface area contributed by atoms with E-state index in [1.54, 1.807) is 4.57 Å². The Labute approximate surface area is 78.9 Å². The highest BCUT2D eigenvalue weighted by Gasteiger charge is 2.07. The first kappa shape index (κ1) is 8.25. The molecule has 2 rings (SSSR count). The van der Waals surface area contributed by atoms with Gasteiger partial charge in [0.05, 0.1) is 5.69 Å². The van der Waals surface area contributed by atoms with Crippen molar-refractivity contribution in [3.05, 3.63) is 27.6 Å². The monoisotopic (exact) mass is 195 g/mol. The van der Waals surface area contributed by atoms with Crippen molar-refractivity contribution in [2.24, 2.45) is 0 Å². The summed E-state index contributed by atoms with van der Waals surface area (Å²) in [4.78, 5) is 0.452. The minimum atomic E-state index is 0.452. The molecular weight excluding hydrogens is 186 g/mol. The summed E-state index contributed by atoms with van der Waals surface area (Å²) in [5.74, 6) is 0.612. The Balaban J connectivity index is 2.64. The minimum Gasteiger partial charge on any atom is -0.338 e. The third-order valence-corrected chi connectivity index (χ3v) is 2.60. The van der Waals surface area contributed by atoms with E-state index >= 15 is 0 Å². The Bertz CT molecular complexity index is 480. The van der Waals surface area contributed by atoms with Gasteiger partial charge in [-0.25, -0.2) is 0 Å². The summed E-state index contributed by atoms with van der Waals surface area (Å²) in [5, 5.41) is 13.3. The van der Waals surface area contributed by atoms with E-state index in [9.17, 15) is 0 Å². The molecule has 4 nitrogen and oxygen atoms in total. The first-order chi connectivity index (χ1) is 6.18. The van der Waals surface area contributed by atoms with Crippen LogP contribution < -0.4 is 4.80 Å². The SMILES string of the molecule is Cc1cc(-n2c(C)csc2=N)on1. The van der Waals surface area contributed by atoms with Crippen LogP contribution in [0.3, 0.4) is 0 Å². The van der Waals surface area contributed by atoms with Gasteiger partial charge < -0.3 is 4.52 Å². The molecule has 0 amide bonds. The maximum absolute atomic E-state index is 7.63. The minimum absolute atomic E-state index is 0.452. The van der Waals surface area contributed by atoms with Gasteiger partial charge in [-0.2, -0.15) is 0 Å². The van der Waals surface area contributed by atoms with E-state index in [0.717, 1.165) is 11.4 Å². The van der Waals surface area contributed by atoms with Crippen molar-refractivity contribution in [1.29, 1.82) is 5.41 Å². The van der Waals surface area contributed by atoms with Gasteiger partial charge in [-0.3, -0.25) is 9.98 Å². The van der Waals surface area contributed by atoms with E-state index in [1.807, 2.05) is 25.3 Å². The Morgan fingerprint density at radius 1 is 1.54 bits per heavy atom. The standard InChI is InChI=1S/C8H9N3OS/c1-5-3-7(12-10-5)11-6(2)4-13-8(11)9/h3-4,9H,1-2H3. The van der Waals surface area contributed by atoms with Crippen molar-refractivity contribution < 1.29 is 4.52 Å². The quantitative estimate of drug-likeness (QED) is 0.751. The van der Waals surface area contributed by atoms with Gasteiger partial charge in [0, 0.05) is 17.1 Å². The number of nitrogens with one attached hydrogen (secondary N) is 1. The molecule has 0 atom stereocenters. The summed E-state index contributed by atoms with van der Waals surface area (Å²) < 4.78 is 6.80. The molecule has 0 unspecified atom stereocenters. The van der Waals surface area contributed by atoms with Crippen LogP contribution in [0, 0.1) is 19.3 Å². The van der Waals surface area contributed by atoms with Crippen LogP contribution in [0.5, 0.6) is 0 Å². The molecule has 0 aliphatic rings. The van der Waals surface area contributed by atoms with Gasteiger partial charge in [-0.15, -0.1) is 11.3 Å². The first-order valence-electron chi connectivity index (χ1n) is 3.84. The number of nitrogens with zero attached hydrogens (tertiary/aromatic N) is 2. The highest BCUT2D eigenvalue weighted by atomic mass is 32.1. The van der Waals surface area contributed by atoms with Gasteiger partial charge in [0.1, 0.15) is 0 Å². The molecule has 1 N–H and O–H groups in total. The van der Waals surface area contributed by atoms with Crippen LogP contribution in [0.25, 0.3) is 5.88 Å². The zero-order chi connectivity index (χ0) is 9.42. The van der Waals surface area contributed by atoms with Crippen molar-refractivity contribution in [1.82, 2.24) is 9.72 Å². The second-order valence-corrected chi connectivity index (χ2v) is 3.68. The molecule has 0 fully saturated rings. The molecule has 0 spiro atoms. The lowest BCUT2D eigenvalue weighted by Gasteiger charge is -1.96. The molecule has 0 aliphatic heterocycles. The fourth-order valence-electron chi connectivity index (χ4n) is 1.14. The smallest absolute Gasteiger partial charge is 0.238 e. The molecule has 0 bridgehead atoms. The second kappa shape index (κ2) is 2.85. The number of hydrogen-bond donors (Lipinski definition) is 1. The molecule has 2 aromatic heterocycles. The Hall–Kier alpha value is -1.36. The van der Waals surface area contributed by atoms with Crippen molar-refractivity contribution in [3.8, 4) is 5.88 Å². The van der Waals surface area contributed by atoms with Crippen LogP contribution in [0.1, 0.15) is 11.4 Å². The molecule has 0 saturated heterocycles. The highest BCUT2D eigenvalue weighted by molar-refractivity contribution is 7.07. The van der Waals surface area contributed by atoms with E-state index in [0.29, 0.717) is 10.7 Å². The molecule has 0 saturated carbocycles. The molecule has 2 heterocycles. The summed E-state index contributed by atoms with van der Waals surface area (Å²) in [6.07, 6.45) is 0. The normalized spacial score (nSPS) is 10.6. The summed E-state index contributed by atoms with van der Waals surface area (Å²) in [5.41, 5.74) is 1.82. The lowest BCUT2D eigenvalue weighted by Crippen LogP contribution is -2.11. The van der Waals surface area contributed by atoms with Crippen molar-refractivity contribution in [2.75, 3.05) is 0 Å². The molecule has 5 heteroatoms. The van der Waals surface area contributed by atoms with Crippen LogP contribution in [0.4, 0.5) is 0 Å². The van der Waals surface area contributed by atoms with Crippen molar-refractivity contribution in [3.63, 3.8) is 0 Å². The van der Waals surface area contributed by atoms with E-state index in [2.05, 4.69) is 5.16 Å². The maximum Gasteiger partial charge on any atom is 0.238 e. The average Bonchev–Trinajstić information content (AvgIpc) is 2.60. The van der Waals surface area contributed by atoms with Gasteiger partial charge in [-0.05, 0) is 13.8 Å². The number of aromatic nitrogens is 2. The largest absolute Gasteiger partial charge is 0.338 e. The molecule has 0 radical (unpaired) electrons. The maximum atomic E-state index is 7.63. The third-order valence-electron chi connectivity index (χ3n) is 1.73. The number of aryl methyl sites for hydroxylation is 2. The second-order valence-electron chi connectivity index (χ2n) is 2.82. The lowest BCUT2D eigenvalue weighted by atomic mass is 10.4. The molecule has 0 aromatic carbocycles. The number of thiazole rings is 1. The van der Waals surface area contributed by atoms with Gasteiger partial charge in [0.15, 0.2) is 4.80 Å². The van der Waals surface area contributed by atoms with E-state index in [4.69, 9.17) is 9.93 Å². The van der Waals surface area contributed by atoms with Gasteiger partial charge in [-0.1, -0.05) is 5.16 Å². The van der Waals surface area contributed by atoms with Crippen LogP contribution in [-0.2, 0) is 0 Å². The predicted octanol–water partition coefficient (Wildman–Crippen LogP) is 1.62. The van der Waals surface area contributed by atoms with Crippen LogP contribution in [-0.4, -0.2) is 9.72 Å². The van der Waals surface area contributed by atoms with Gasteiger partial charge in [0.25, 0.3) is 0 Å². The Kier molecular flexibility index (Phi) is 1.81. The third kappa shape index (κ3) is 1.31. The molecular formula is C8H9N3OS. The predicted molar refractivity (Wildman–Crippen MR) is 49.0 cm³/mol. The Morgan fingerprint density at radius 3 is 2.77 bits per heavy atom. The molecule has 13 heavy (non-hydrogen) atoms. The number of hydrogen-bond acceptors (Lipinski definition) is 4. The fourth-order valence-corrected chi connectivity index (χ4v) is 1.86. The van der Waals surface area contributed by atoms with Crippen molar-refractivity contribution >= 4 is 11.3 Å². The van der Waals surface area contributed by atoms with Crippen LogP contribution in [0.2, 0.25) is 0 Å². The lowest BCUT2D eigenvalue weighted by molar-refractivity contribution is 0.398. The van der Waals surface area contributed by atoms with Crippen LogP contribution in [0.15, 0.2) is 16.0 Å². The van der Waals surface area contributed by atoms with Crippen LogP contribution >= 0.6 is 11.3 Å². The fraction of sp³-hybridized carbons (Fsp3) is 0.250.